The number of nitrogens with zero attached hydrogens (tertiary/aromatic N) is 6. The Morgan fingerprint density at radius 1 is 1.16 bits per heavy atom. The van der Waals surface area contributed by atoms with Crippen LogP contribution in [0.4, 0.5) is 16.0 Å². The molecule has 0 amide bonds. The first kappa shape index (κ1) is 19.3. The fourth-order valence-corrected chi connectivity index (χ4v) is 4.12. The molecule has 0 aliphatic carbocycles. The third kappa shape index (κ3) is 3.33. The third-order valence-corrected chi connectivity index (χ3v) is 5.65. The van der Waals surface area contributed by atoms with E-state index < -0.39 is 5.82 Å². The lowest BCUT2D eigenvalue weighted by Crippen LogP contribution is -2.34. The molecule has 3 aromatic heterocycles. The van der Waals surface area contributed by atoms with E-state index >= 15 is 0 Å². The quantitative estimate of drug-likeness (QED) is 0.534. The van der Waals surface area contributed by atoms with Gasteiger partial charge in [-0.25, -0.2) is 19.3 Å². The number of pyridine rings is 1. The van der Waals surface area contributed by atoms with Gasteiger partial charge in [0.05, 0.1) is 31.5 Å². The van der Waals surface area contributed by atoms with Crippen LogP contribution in [-0.2, 0) is 0 Å². The number of nitrogens with two attached hydrogens (primary N) is 1. The molecular weight excluding hydrogens is 401 g/mol. The number of fused-ring (bicyclic) bond motifs is 3. The molecule has 0 radical (unpaired) electrons. The van der Waals surface area contributed by atoms with E-state index in [0.717, 1.165) is 31.6 Å². The van der Waals surface area contributed by atoms with Crippen molar-refractivity contribution < 1.29 is 13.9 Å². The second kappa shape index (κ2) is 7.53. The van der Waals surface area contributed by atoms with Crippen molar-refractivity contribution in [3.05, 3.63) is 42.1 Å². The highest BCUT2D eigenvalue weighted by atomic mass is 19.1. The molecule has 1 aromatic carbocycles. The minimum Gasteiger partial charge on any atom is -0.494 e. The van der Waals surface area contributed by atoms with Gasteiger partial charge in [0.2, 0.25) is 11.8 Å². The lowest BCUT2D eigenvalue weighted by atomic mass is 9.97. The van der Waals surface area contributed by atoms with Crippen molar-refractivity contribution in [3.63, 3.8) is 0 Å². The van der Waals surface area contributed by atoms with E-state index in [0.29, 0.717) is 34.0 Å². The zero-order valence-corrected chi connectivity index (χ0v) is 17.2. The summed E-state index contributed by atoms with van der Waals surface area (Å²) in [5, 5.41) is 5.13. The van der Waals surface area contributed by atoms with Crippen molar-refractivity contribution in [1.29, 1.82) is 0 Å². The van der Waals surface area contributed by atoms with E-state index in [-0.39, 0.29) is 11.9 Å². The van der Waals surface area contributed by atoms with E-state index in [1.165, 1.54) is 23.8 Å². The van der Waals surface area contributed by atoms with Gasteiger partial charge in [0.1, 0.15) is 17.1 Å². The zero-order chi connectivity index (χ0) is 21.5. The predicted molar refractivity (Wildman–Crippen MR) is 114 cm³/mol. The second-order valence-electron chi connectivity index (χ2n) is 7.52. The Morgan fingerprint density at radius 3 is 2.77 bits per heavy atom. The van der Waals surface area contributed by atoms with Gasteiger partial charge in [-0.05, 0) is 25.0 Å². The van der Waals surface area contributed by atoms with E-state index in [1.54, 1.807) is 7.11 Å². The van der Waals surface area contributed by atoms with Gasteiger partial charge in [-0.15, -0.1) is 5.10 Å². The number of benzene rings is 1. The maximum Gasteiger partial charge on any atom is 0.223 e. The van der Waals surface area contributed by atoms with Gasteiger partial charge < -0.3 is 20.1 Å². The maximum absolute atomic E-state index is 14.1. The molecule has 1 aliphatic heterocycles. The van der Waals surface area contributed by atoms with Crippen molar-refractivity contribution in [2.75, 3.05) is 37.9 Å². The fraction of sp³-hybridized carbons (Fsp3) is 0.333. The van der Waals surface area contributed by atoms with Crippen LogP contribution in [0, 0.1) is 5.82 Å². The molecule has 9 nitrogen and oxygen atoms in total. The van der Waals surface area contributed by atoms with Gasteiger partial charge in [0.15, 0.2) is 11.5 Å². The predicted octanol–water partition coefficient (Wildman–Crippen LogP) is 2.79. The molecule has 2 N–H and O–H groups in total. The number of halogens is 1. The molecule has 5 rings (SSSR count). The SMILES string of the molecule is COc1ccc(N2CCC[C@@H](c3nc4c5cc(F)cc(OC)c5nc(N)n4n3)C2)cn1. The number of ether oxygens (including phenoxy) is 2. The molecule has 31 heavy (non-hydrogen) atoms. The minimum absolute atomic E-state index is 0.0978. The summed E-state index contributed by atoms with van der Waals surface area (Å²) in [5.41, 5.74) is 8.09. The summed E-state index contributed by atoms with van der Waals surface area (Å²) < 4.78 is 26.0. The molecule has 10 heteroatoms. The summed E-state index contributed by atoms with van der Waals surface area (Å²) in [7, 11) is 3.07. The first-order valence-corrected chi connectivity index (χ1v) is 10.0. The van der Waals surface area contributed by atoms with Crippen LogP contribution in [0.5, 0.6) is 11.6 Å². The normalized spacial score (nSPS) is 16.7. The van der Waals surface area contributed by atoms with Crippen molar-refractivity contribution in [1.82, 2.24) is 24.6 Å². The van der Waals surface area contributed by atoms with Gasteiger partial charge in [-0.2, -0.15) is 4.52 Å². The summed E-state index contributed by atoms with van der Waals surface area (Å²) in [5.74, 6) is 1.40. The molecule has 0 saturated carbocycles. The van der Waals surface area contributed by atoms with Gasteiger partial charge in [-0.1, -0.05) is 0 Å². The average molecular weight is 423 g/mol. The summed E-state index contributed by atoms with van der Waals surface area (Å²) in [6.45, 7) is 1.67. The topological polar surface area (TPSA) is 104 Å². The number of piperidine rings is 1. The molecule has 4 heterocycles. The Bertz CT molecular complexity index is 1260. The number of anilines is 2. The van der Waals surface area contributed by atoms with E-state index in [2.05, 4.69) is 20.0 Å². The molecule has 0 spiro atoms. The van der Waals surface area contributed by atoms with Crippen LogP contribution in [0.3, 0.4) is 0 Å². The highest BCUT2D eigenvalue weighted by Crippen LogP contribution is 2.32. The van der Waals surface area contributed by atoms with Gasteiger partial charge in [0.25, 0.3) is 0 Å². The standard InChI is InChI=1S/C21H22FN7O2/c1-30-16-9-13(22)8-15-18(16)25-21(23)29-20(15)26-19(27-29)12-4-3-7-28(11-12)14-5-6-17(31-2)24-10-14/h5-6,8-10,12H,3-4,7,11H2,1-2H3,(H2,23,25)/t12-/m1/s1. The minimum atomic E-state index is -0.432. The van der Waals surface area contributed by atoms with Gasteiger partial charge in [0, 0.05) is 31.1 Å². The fourth-order valence-electron chi connectivity index (χ4n) is 4.12. The van der Waals surface area contributed by atoms with Crippen LogP contribution in [0.15, 0.2) is 30.5 Å². The van der Waals surface area contributed by atoms with Crippen LogP contribution in [0.2, 0.25) is 0 Å². The van der Waals surface area contributed by atoms with Gasteiger partial charge in [-0.3, -0.25) is 0 Å². The Labute approximate surface area is 177 Å². The number of nitrogen functional groups attached to an aromatic ring is 1. The highest BCUT2D eigenvalue weighted by molar-refractivity contribution is 5.95. The van der Waals surface area contributed by atoms with Gasteiger partial charge >= 0.3 is 0 Å². The van der Waals surface area contributed by atoms with E-state index in [9.17, 15) is 4.39 Å². The second-order valence-corrected chi connectivity index (χ2v) is 7.52. The molecule has 1 aliphatic rings. The number of rotatable bonds is 4. The van der Waals surface area contributed by atoms with Crippen LogP contribution < -0.4 is 20.1 Å². The van der Waals surface area contributed by atoms with E-state index in [1.807, 2.05) is 18.3 Å². The highest BCUT2D eigenvalue weighted by Gasteiger charge is 2.26. The number of methoxy groups -OCH3 is 2. The maximum atomic E-state index is 14.1. The van der Waals surface area contributed by atoms with Crippen molar-refractivity contribution >= 4 is 28.2 Å². The van der Waals surface area contributed by atoms with Crippen LogP contribution >= 0.6 is 0 Å². The molecule has 0 bridgehead atoms. The first-order valence-electron chi connectivity index (χ1n) is 10.0. The smallest absolute Gasteiger partial charge is 0.223 e. The number of aromatic nitrogens is 5. The summed E-state index contributed by atoms with van der Waals surface area (Å²) in [4.78, 5) is 15.7. The first-order chi connectivity index (χ1) is 15.1. The monoisotopic (exact) mass is 423 g/mol. The molecule has 4 aromatic rings. The zero-order valence-electron chi connectivity index (χ0n) is 17.2. The van der Waals surface area contributed by atoms with Crippen LogP contribution in [0.1, 0.15) is 24.6 Å². The van der Waals surface area contributed by atoms with Crippen LogP contribution in [-0.4, -0.2) is 51.9 Å². The largest absolute Gasteiger partial charge is 0.494 e. The molecule has 0 unspecified atom stereocenters. The lowest BCUT2D eigenvalue weighted by Gasteiger charge is -2.33. The average Bonchev–Trinajstić information content (AvgIpc) is 3.26. The molecule has 1 saturated heterocycles. The molecule has 1 fully saturated rings. The Hall–Kier alpha value is -3.69. The Morgan fingerprint density at radius 2 is 2.03 bits per heavy atom. The van der Waals surface area contributed by atoms with Crippen LogP contribution in [0.25, 0.3) is 16.6 Å². The van der Waals surface area contributed by atoms with Crippen molar-refractivity contribution in [2.45, 2.75) is 18.8 Å². The Balaban J connectivity index is 1.53. The molecular formula is C21H22FN7O2. The molecule has 160 valence electrons. The summed E-state index contributed by atoms with van der Waals surface area (Å²) in [6.07, 6.45) is 3.74. The Kier molecular flexibility index (Phi) is 4.68. The third-order valence-electron chi connectivity index (χ3n) is 5.65. The number of hydrogen-bond acceptors (Lipinski definition) is 8. The summed E-state index contributed by atoms with van der Waals surface area (Å²) in [6, 6.07) is 6.51. The van der Waals surface area contributed by atoms with Crippen molar-refractivity contribution in [3.8, 4) is 11.6 Å². The molecule has 1 atom stereocenters. The lowest BCUT2D eigenvalue weighted by molar-refractivity contribution is 0.397. The van der Waals surface area contributed by atoms with E-state index in [4.69, 9.17) is 20.2 Å². The number of hydrogen-bond donors (Lipinski definition) is 1. The summed E-state index contributed by atoms with van der Waals surface area (Å²) >= 11 is 0. The van der Waals surface area contributed by atoms with Crippen molar-refractivity contribution in [2.24, 2.45) is 0 Å².